The van der Waals surface area contributed by atoms with Gasteiger partial charge in [-0.2, -0.15) is 13.9 Å². The molecule has 1 amide bonds. The van der Waals surface area contributed by atoms with Gasteiger partial charge in [-0.25, -0.2) is 0 Å². The highest BCUT2D eigenvalue weighted by molar-refractivity contribution is 7.99. The second-order valence-electron chi connectivity index (χ2n) is 4.93. The number of aryl methyl sites for hydroxylation is 2. The number of nitrogens with one attached hydrogen (secondary N) is 1. The van der Waals surface area contributed by atoms with Crippen LogP contribution < -0.4 is 5.32 Å². The lowest BCUT2D eigenvalue weighted by molar-refractivity contribution is -0.111. The summed E-state index contributed by atoms with van der Waals surface area (Å²) in [5, 5.41) is 6.96. The maximum absolute atomic E-state index is 12.2. The minimum atomic E-state index is -2.45. The lowest BCUT2D eigenvalue weighted by atomic mass is 10.2. The summed E-state index contributed by atoms with van der Waals surface area (Å²) in [7, 11) is 1.85. The largest absolute Gasteiger partial charge is 0.323 e. The van der Waals surface area contributed by atoms with Crippen LogP contribution in [-0.2, 0) is 11.8 Å². The van der Waals surface area contributed by atoms with Crippen LogP contribution in [0.25, 0.3) is 6.08 Å². The van der Waals surface area contributed by atoms with E-state index >= 15 is 0 Å². The molecule has 1 heterocycles. The molecule has 1 N–H and O–H groups in total. The highest BCUT2D eigenvalue weighted by atomic mass is 32.2. The monoisotopic (exact) mass is 337 g/mol. The van der Waals surface area contributed by atoms with Gasteiger partial charge in [0.15, 0.2) is 0 Å². The smallest absolute Gasteiger partial charge is 0.288 e. The molecule has 23 heavy (non-hydrogen) atoms. The molecule has 0 atom stereocenters. The van der Waals surface area contributed by atoms with E-state index in [2.05, 4.69) is 10.4 Å². The number of hydrogen-bond acceptors (Lipinski definition) is 3. The van der Waals surface area contributed by atoms with E-state index in [0.29, 0.717) is 22.3 Å². The van der Waals surface area contributed by atoms with E-state index in [-0.39, 0.29) is 5.91 Å². The Hall–Kier alpha value is -2.15. The Morgan fingerprint density at radius 2 is 1.96 bits per heavy atom. The number of carbonyl (C=O) groups is 1. The van der Waals surface area contributed by atoms with E-state index in [4.69, 9.17) is 0 Å². The van der Waals surface area contributed by atoms with Crippen LogP contribution in [0.15, 0.2) is 35.2 Å². The van der Waals surface area contributed by atoms with E-state index < -0.39 is 5.76 Å². The van der Waals surface area contributed by atoms with Gasteiger partial charge in [0.1, 0.15) is 0 Å². The molecule has 2 rings (SSSR count). The molecule has 0 fully saturated rings. The van der Waals surface area contributed by atoms with E-state index in [1.165, 1.54) is 6.08 Å². The fraction of sp³-hybridized carbons (Fsp3) is 0.250. The molecular weight excluding hydrogens is 320 g/mol. The number of rotatable bonds is 5. The van der Waals surface area contributed by atoms with Crippen molar-refractivity contribution in [2.24, 2.45) is 7.05 Å². The molecule has 0 aliphatic rings. The Labute approximate surface area is 137 Å². The van der Waals surface area contributed by atoms with Gasteiger partial charge >= 0.3 is 0 Å². The van der Waals surface area contributed by atoms with E-state index in [1.54, 1.807) is 35.0 Å². The molecule has 0 spiro atoms. The molecule has 2 aromatic rings. The molecule has 0 radical (unpaired) electrons. The van der Waals surface area contributed by atoms with Crippen LogP contribution in [0, 0.1) is 13.8 Å². The molecule has 7 heteroatoms. The molecule has 0 saturated heterocycles. The van der Waals surface area contributed by atoms with Crippen LogP contribution >= 0.6 is 11.8 Å². The number of aromatic nitrogens is 2. The summed E-state index contributed by atoms with van der Waals surface area (Å²) in [6.45, 7) is 3.81. The number of thioether (sulfide) groups is 1. The van der Waals surface area contributed by atoms with Crippen LogP contribution in [-0.4, -0.2) is 21.4 Å². The first-order valence-electron chi connectivity index (χ1n) is 6.91. The topological polar surface area (TPSA) is 46.9 Å². The highest BCUT2D eigenvalue weighted by Crippen LogP contribution is 2.26. The Bertz CT molecular complexity index is 724. The van der Waals surface area contributed by atoms with E-state index in [0.717, 1.165) is 17.0 Å². The fourth-order valence-corrected chi connectivity index (χ4v) is 2.59. The van der Waals surface area contributed by atoms with E-state index in [1.807, 2.05) is 20.9 Å². The van der Waals surface area contributed by atoms with Gasteiger partial charge in [-0.3, -0.25) is 9.48 Å². The van der Waals surface area contributed by atoms with Crippen molar-refractivity contribution in [2.75, 3.05) is 5.32 Å². The quantitative estimate of drug-likeness (QED) is 0.662. The summed E-state index contributed by atoms with van der Waals surface area (Å²) < 4.78 is 26.2. The number of carbonyl (C=O) groups excluding carboxylic acids is 1. The normalized spacial score (nSPS) is 11.4. The third-order valence-electron chi connectivity index (χ3n) is 3.31. The molecule has 4 nitrogen and oxygen atoms in total. The number of benzene rings is 1. The number of alkyl halides is 2. The van der Waals surface area contributed by atoms with Crippen molar-refractivity contribution in [1.82, 2.24) is 9.78 Å². The van der Waals surface area contributed by atoms with Gasteiger partial charge in [0, 0.05) is 35.0 Å². The summed E-state index contributed by atoms with van der Waals surface area (Å²) in [5.74, 6) is -2.74. The molecular formula is C16H17F2N3OS. The average molecular weight is 337 g/mol. The summed E-state index contributed by atoms with van der Waals surface area (Å²) >= 11 is 0.470. The number of hydrogen-bond donors (Lipinski definition) is 1. The fourth-order valence-electron chi connectivity index (χ4n) is 2.09. The van der Waals surface area contributed by atoms with Gasteiger partial charge in [-0.15, -0.1) is 0 Å². The van der Waals surface area contributed by atoms with Gasteiger partial charge in [-0.05, 0) is 44.2 Å². The lowest BCUT2D eigenvalue weighted by Gasteiger charge is -2.04. The average Bonchev–Trinajstić information content (AvgIpc) is 2.72. The molecule has 0 saturated carbocycles. The predicted molar refractivity (Wildman–Crippen MR) is 88.6 cm³/mol. The van der Waals surface area contributed by atoms with Crippen molar-refractivity contribution >= 4 is 29.4 Å². The SMILES string of the molecule is Cc1nn(C)c(C)c1C=CC(=O)Nc1ccc(SC(F)F)cc1. The van der Waals surface area contributed by atoms with Crippen molar-refractivity contribution in [1.29, 1.82) is 0 Å². The summed E-state index contributed by atoms with van der Waals surface area (Å²) in [5.41, 5.74) is 3.28. The third kappa shape index (κ3) is 4.66. The maximum atomic E-state index is 12.2. The van der Waals surface area contributed by atoms with Gasteiger partial charge in [-0.1, -0.05) is 11.8 Å². The van der Waals surface area contributed by atoms with Crippen LogP contribution in [0.1, 0.15) is 17.0 Å². The molecule has 0 bridgehead atoms. The Kier molecular flexibility index (Phi) is 5.54. The van der Waals surface area contributed by atoms with Crippen molar-refractivity contribution in [3.05, 3.63) is 47.3 Å². The zero-order chi connectivity index (χ0) is 17.0. The van der Waals surface area contributed by atoms with Gasteiger partial charge < -0.3 is 5.32 Å². The summed E-state index contributed by atoms with van der Waals surface area (Å²) in [4.78, 5) is 12.4. The Morgan fingerprint density at radius 1 is 1.30 bits per heavy atom. The molecule has 1 aromatic carbocycles. The zero-order valence-corrected chi connectivity index (χ0v) is 13.8. The number of anilines is 1. The van der Waals surface area contributed by atoms with E-state index in [9.17, 15) is 13.6 Å². The molecule has 1 aromatic heterocycles. The van der Waals surface area contributed by atoms with Gasteiger partial charge in [0.05, 0.1) is 5.69 Å². The molecule has 0 unspecified atom stereocenters. The Morgan fingerprint density at radius 3 is 2.48 bits per heavy atom. The van der Waals surface area contributed by atoms with Gasteiger partial charge in [0.2, 0.25) is 5.91 Å². The summed E-state index contributed by atoms with van der Waals surface area (Å²) in [6, 6.07) is 6.28. The first-order chi connectivity index (χ1) is 10.9. The minimum Gasteiger partial charge on any atom is -0.323 e. The third-order valence-corrected chi connectivity index (χ3v) is 4.04. The standard InChI is InChI=1S/C16H17F2N3OS/c1-10-14(11(2)21(3)20-10)8-9-15(22)19-12-4-6-13(7-5-12)23-16(17)18/h4-9,16H,1-3H3,(H,19,22). The number of amides is 1. The van der Waals surface area contributed by atoms with Crippen molar-refractivity contribution in [3.8, 4) is 0 Å². The van der Waals surface area contributed by atoms with Crippen LogP contribution in [0.5, 0.6) is 0 Å². The lowest BCUT2D eigenvalue weighted by Crippen LogP contribution is -2.07. The minimum absolute atomic E-state index is 0.290. The maximum Gasteiger partial charge on any atom is 0.288 e. The van der Waals surface area contributed by atoms with Crippen LogP contribution in [0.2, 0.25) is 0 Å². The van der Waals surface area contributed by atoms with Crippen LogP contribution in [0.3, 0.4) is 0 Å². The van der Waals surface area contributed by atoms with Crippen LogP contribution in [0.4, 0.5) is 14.5 Å². The number of halogens is 2. The molecule has 0 aliphatic heterocycles. The Balaban J connectivity index is 2.00. The zero-order valence-electron chi connectivity index (χ0n) is 13.0. The first-order valence-corrected chi connectivity index (χ1v) is 7.79. The molecule has 122 valence electrons. The van der Waals surface area contributed by atoms with Gasteiger partial charge in [0.25, 0.3) is 5.76 Å². The number of nitrogens with zero attached hydrogens (tertiary/aromatic N) is 2. The van der Waals surface area contributed by atoms with Crippen molar-refractivity contribution in [2.45, 2.75) is 24.5 Å². The highest BCUT2D eigenvalue weighted by Gasteiger charge is 2.07. The second-order valence-corrected chi connectivity index (χ2v) is 6.00. The first kappa shape index (κ1) is 17.2. The second kappa shape index (κ2) is 7.41. The summed E-state index contributed by atoms with van der Waals surface area (Å²) in [6.07, 6.45) is 3.15. The van der Waals surface area contributed by atoms with Crippen molar-refractivity contribution in [3.63, 3.8) is 0 Å². The molecule has 0 aliphatic carbocycles. The predicted octanol–water partition coefficient (Wildman–Crippen LogP) is 4.00. The van der Waals surface area contributed by atoms with Crippen molar-refractivity contribution < 1.29 is 13.6 Å².